The maximum Gasteiger partial charge on any atom is 0.267 e. The number of amides is 1. The predicted octanol–water partition coefficient (Wildman–Crippen LogP) is 0.0423. The van der Waals surface area contributed by atoms with Gasteiger partial charge in [-0.05, 0) is 20.2 Å². The normalized spacial score (nSPS) is 10.4. The topological polar surface area (TPSA) is 59.2 Å². The third-order valence-corrected chi connectivity index (χ3v) is 1.46. The van der Waals surface area contributed by atoms with Crippen LogP contribution in [0.25, 0.3) is 0 Å². The van der Waals surface area contributed by atoms with E-state index >= 15 is 0 Å². The van der Waals surface area contributed by atoms with Crippen LogP contribution < -0.4 is 5.73 Å². The number of primary amides is 1. The van der Waals surface area contributed by atoms with E-state index in [1.807, 2.05) is 25.1 Å². The van der Waals surface area contributed by atoms with Gasteiger partial charge < -0.3 is 10.6 Å². The number of nitrogens with zero attached hydrogens (tertiary/aromatic N) is 2. The SMILES string of the molecule is CN(C)Cc1cc[c]c(C(N)=O)n1. The van der Waals surface area contributed by atoms with Gasteiger partial charge in [0.1, 0.15) is 5.69 Å². The van der Waals surface area contributed by atoms with Crippen molar-refractivity contribution in [2.45, 2.75) is 6.54 Å². The van der Waals surface area contributed by atoms with Crippen molar-refractivity contribution in [1.82, 2.24) is 9.88 Å². The summed E-state index contributed by atoms with van der Waals surface area (Å²) in [7, 11) is 3.87. The number of hydrogen-bond donors (Lipinski definition) is 1. The Morgan fingerprint density at radius 2 is 2.38 bits per heavy atom. The van der Waals surface area contributed by atoms with E-state index < -0.39 is 5.91 Å². The van der Waals surface area contributed by atoms with E-state index in [4.69, 9.17) is 5.73 Å². The largest absolute Gasteiger partial charge is 0.364 e. The molecule has 0 fully saturated rings. The molecule has 1 heterocycles. The lowest BCUT2D eigenvalue weighted by molar-refractivity contribution is 0.0995. The van der Waals surface area contributed by atoms with Crippen LogP contribution in [0, 0.1) is 6.07 Å². The lowest BCUT2D eigenvalue weighted by Crippen LogP contribution is -2.16. The Morgan fingerprint density at radius 1 is 1.69 bits per heavy atom. The van der Waals surface area contributed by atoms with E-state index in [0.717, 1.165) is 5.69 Å². The van der Waals surface area contributed by atoms with Crippen LogP contribution in [0.4, 0.5) is 0 Å². The first-order chi connectivity index (χ1) is 6.09. The van der Waals surface area contributed by atoms with Crippen molar-refractivity contribution < 1.29 is 4.79 Å². The van der Waals surface area contributed by atoms with Crippen LogP contribution in [-0.2, 0) is 6.54 Å². The van der Waals surface area contributed by atoms with Crippen molar-refractivity contribution in [2.24, 2.45) is 5.73 Å². The van der Waals surface area contributed by atoms with Gasteiger partial charge >= 0.3 is 0 Å². The monoisotopic (exact) mass is 178 g/mol. The van der Waals surface area contributed by atoms with Crippen LogP contribution in [0.5, 0.6) is 0 Å². The van der Waals surface area contributed by atoms with E-state index in [-0.39, 0.29) is 5.69 Å². The quantitative estimate of drug-likeness (QED) is 0.711. The van der Waals surface area contributed by atoms with Gasteiger partial charge in [-0.1, -0.05) is 6.07 Å². The first kappa shape index (κ1) is 9.67. The predicted molar refractivity (Wildman–Crippen MR) is 49.0 cm³/mol. The summed E-state index contributed by atoms with van der Waals surface area (Å²) in [6.45, 7) is 0.689. The summed E-state index contributed by atoms with van der Waals surface area (Å²) < 4.78 is 0. The number of pyridine rings is 1. The number of carbonyl (C=O) groups excluding carboxylic acids is 1. The van der Waals surface area contributed by atoms with Crippen LogP contribution in [0.1, 0.15) is 16.2 Å². The highest BCUT2D eigenvalue weighted by molar-refractivity contribution is 5.90. The molecule has 1 aromatic rings. The molecule has 1 rings (SSSR count). The zero-order chi connectivity index (χ0) is 9.84. The van der Waals surface area contributed by atoms with E-state index in [9.17, 15) is 4.79 Å². The summed E-state index contributed by atoms with van der Waals surface area (Å²) in [6.07, 6.45) is 0. The molecule has 1 amide bonds. The van der Waals surface area contributed by atoms with Gasteiger partial charge in [0.05, 0.1) is 5.69 Å². The van der Waals surface area contributed by atoms with Crippen LogP contribution in [0.3, 0.4) is 0 Å². The second kappa shape index (κ2) is 4.00. The minimum atomic E-state index is -0.541. The summed E-state index contributed by atoms with van der Waals surface area (Å²) in [5, 5.41) is 0. The Bertz CT molecular complexity index is 309. The Kier molecular flexibility index (Phi) is 2.97. The molecule has 0 aliphatic heterocycles. The average Bonchev–Trinajstić information content (AvgIpc) is 2.03. The second-order valence-corrected chi connectivity index (χ2v) is 3.03. The molecule has 4 nitrogen and oxygen atoms in total. The molecule has 0 bridgehead atoms. The molecule has 0 atom stereocenters. The number of hydrogen-bond acceptors (Lipinski definition) is 3. The fraction of sp³-hybridized carbons (Fsp3) is 0.333. The van der Waals surface area contributed by atoms with Crippen LogP contribution >= 0.6 is 0 Å². The maximum atomic E-state index is 10.8. The number of carbonyl (C=O) groups is 1. The maximum absolute atomic E-state index is 10.8. The number of aromatic nitrogens is 1. The molecule has 4 heteroatoms. The molecule has 0 aromatic carbocycles. The van der Waals surface area contributed by atoms with Crippen LogP contribution in [0.2, 0.25) is 0 Å². The zero-order valence-corrected chi connectivity index (χ0v) is 7.74. The Labute approximate surface area is 77.4 Å². The molecule has 0 unspecified atom stereocenters. The van der Waals surface area contributed by atoms with Crippen molar-refractivity contribution >= 4 is 5.91 Å². The highest BCUT2D eigenvalue weighted by Crippen LogP contribution is 1.99. The van der Waals surface area contributed by atoms with Gasteiger partial charge in [-0.15, -0.1) is 0 Å². The minimum absolute atomic E-state index is 0.194. The molecular formula is C9H12N3O. The molecule has 0 aliphatic carbocycles. The second-order valence-electron chi connectivity index (χ2n) is 3.03. The highest BCUT2D eigenvalue weighted by atomic mass is 16.1. The van der Waals surface area contributed by atoms with Crippen LogP contribution in [-0.4, -0.2) is 29.9 Å². The van der Waals surface area contributed by atoms with Gasteiger partial charge in [0.2, 0.25) is 0 Å². The average molecular weight is 178 g/mol. The fourth-order valence-electron chi connectivity index (χ4n) is 0.968. The molecule has 0 saturated carbocycles. The van der Waals surface area contributed by atoms with Gasteiger partial charge in [-0.3, -0.25) is 4.79 Å². The van der Waals surface area contributed by atoms with Gasteiger partial charge in [-0.25, -0.2) is 4.98 Å². The minimum Gasteiger partial charge on any atom is -0.364 e. The summed E-state index contributed by atoms with van der Waals surface area (Å²) in [6, 6.07) is 6.15. The van der Waals surface area contributed by atoms with Crippen molar-refractivity contribution in [2.75, 3.05) is 14.1 Å². The fourth-order valence-corrected chi connectivity index (χ4v) is 0.968. The molecule has 1 aromatic heterocycles. The van der Waals surface area contributed by atoms with Gasteiger partial charge in [0.15, 0.2) is 0 Å². The standard InChI is InChI=1S/C9H12N3O/c1-12(2)6-7-4-3-5-8(11-7)9(10)13/h3-4H,6H2,1-2H3,(H2,10,13). The van der Waals surface area contributed by atoms with E-state index in [2.05, 4.69) is 11.1 Å². The number of nitrogens with two attached hydrogens (primary N) is 1. The van der Waals surface area contributed by atoms with Crippen LogP contribution in [0.15, 0.2) is 12.1 Å². The van der Waals surface area contributed by atoms with E-state index in [1.54, 1.807) is 6.07 Å². The Morgan fingerprint density at radius 3 is 2.92 bits per heavy atom. The third-order valence-electron chi connectivity index (χ3n) is 1.46. The molecule has 69 valence electrons. The van der Waals surface area contributed by atoms with E-state index in [1.165, 1.54) is 0 Å². The number of rotatable bonds is 3. The lowest BCUT2D eigenvalue weighted by atomic mass is 10.3. The smallest absolute Gasteiger partial charge is 0.267 e. The molecule has 1 radical (unpaired) electrons. The van der Waals surface area contributed by atoms with Crippen molar-refractivity contribution in [3.05, 3.63) is 29.6 Å². The third kappa shape index (κ3) is 2.83. The molecule has 0 saturated heterocycles. The Hall–Kier alpha value is -1.42. The summed E-state index contributed by atoms with van der Waals surface area (Å²) in [5.74, 6) is -0.541. The van der Waals surface area contributed by atoms with Crippen molar-refractivity contribution in [3.63, 3.8) is 0 Å². The van der Waals surface area contributed by atoms with E-state index in [0.29, 0.717) is 6.54 Å². The Balaban J connectivity index is 2.85. The van der Waals surface area contributed by atoms with Gasteiger partial charge in [0.25, 0.3) is 5.91 Å². The molecule has 0 spiro atoms. The summed E-state index contributed by atoms with van der Waals surface area (Å²) in [4.78, 5) is 16.8. The summed E-state index contributed by atoms with van der Waals surface area (Å²) in [5.41, 5.74) is 6.08. The van der Waals surface area contributed by atoms with Crippen molar-refractivity contribution in [3.8, 4) is 0 Å². The highest BCUT2D eigenvalue weighted by Gasteiger charge is 2.03. The lowest BCUT2D eigenvalue weighted by Gasteiger charge is -2.08. The van der Waals surface area contributed by atoms with Crippen molar-refractivity contribution in [1.29, 1.82) is 0 Å². The summed E-state index contributed by atoms with van der Waals surface area (Å²) >= 11 is 0. The molecule has 0 aliphatic rings. The first-order valence-electron chi connectivity index (χ1n) is 3.91. The molecule has 13 heavy (non-hydrogen) atoms. The zero-order valence-electron chi connectivity index (χ0n) is 7.74. The molecule has 2 N–H and O–H groups in total. The van der Waals surface area contributed by atoms with Gasteiger partial charge in [-0.2, -0.15) is 0 Å². The first-order valence-corrected chi connectivity index (χ1v) is 3.91. The molecular weight excluding hydrogens is 166 g/mol. The van der Waals surface area contributed by atoms with Gasteiger partial charge in [0, 0.05) is 12.6 Å².